The zero-order valence-electron chi connectivity index (χ0n) is 13.4. The van der Waals surface area contributed by atoms with Gasteiger partial charge >= 0.3 is 0 Å². The summed E-state index contributed by atoms with van der Waals surface area (Å²) >= 11 is 0. The van der Waals surface area contributed by atoms with Crippen molar-refractivity contribution >= 4 is 11.6 Å². The second kappa shape index (κ2) is 5.56. The average Bonchev–Trinajstić information content (AvgIpc) is 3.05. The summed E-state index contributed by atoms with van der Waals surface area (Å²) in [5.74, 6) is 0.223. The lowest BCUT2D eigenvalue weighted by Crippen LogP contribution is -2.21. The molecule has 0 spiro atoms. The van der Waals surface area contributed by atoms with Crippen molar-refractivity contribution in [3.8, 4) is 0 Å². The molecule has 120 valence electrons. The molecule has 1 aliphatic rings. The van der Waals surface area contributed by atoms with E-state index in [1.165, 1.54) is 17.2 Å². The second-order valence-corrected chi connectivity index (χ2v) is 5.92. The van der Waals surface area contributed by atoms with Crippen molar-refractivity contribution in [1.82, 2.24) is 20.2 Å². The molecule has 0 bridgehead atoms. The Labute approximate surface area is 138 Å². The lowest BCUT2D eigenvalue weighted by molar-refractivity contribution is 0.540. The van der Waals surface area contributed by atoms with Crippen molar-refractivity contribution in [2.45, 2.75) is 19.9 Å². The van der Waals surface area contributed by atoms with Gasteiger partial charge in [-0.25, -0.2) is 4.39 Å². The minimum Gasteiger partial charge on any atom is -0.323 e. The SMILES string of the molecule is Cc1ccc(C2=C[C@H](c3ccccc3F)n3nnnc3N2)cc1C. The number of tetrazole rings is 1. The van der Waals surface area contributed by atoms with E-state index in [9.17, 15) is 4.39 Å². The summed E-state index contributed by atoms with van der Waals surface area (Å²) in [6.07, 6.45) is 1.95. The Hall–Kier alpha value is -3.02. The van der Waals surface area contributed by atoms with Crippen LogP contribution in [-0.4, -0.2) is 20.2 Å². The number of nitrogens with one attached hydrogen (secondary N) is 1. The summed E-state index contributed by atoms with van der Waals surface area (Å²) in [7, 11) is 0. The maximum atomic E-state index is 14.3. The van der Waals surface area contributed by atoms with Crippen LogP contribution in [0.4, 0.5) is 10.3 Å². The van der Waals surface area contributed by atoms with Gasteiger partial charge in [-0.15, -0.1) is 0 Å². The van der Waals surface area contributed by atoms with E-state index in [2.05, 4.69) is 46.8 Å². The molecule has 1 aromatic heterocycles. The molecule has 6 heteroatoms. The molecule has 4 rings (SSSR count). The van der Waals surface area contributed by atoms with Crippen LogP contribution >= 0.6 is 0 Å². The van der Waals surface area contributed by atoms with Crippen LogP contribution in [0.25, 0.3) is 5.70 Å². The number of halogens is 1. The van der Waals surface area contributed by atoms with E-state index in [0.717, 1.165) is 11.3 Å². The van der Waals surface area contributed by atoms with Gasteiger partial charge in [0.15, 0.2) is 0 Å². The third-order valence-corrected chi connectivity index (χ3v) is 4.37. The Morgan fingerprint density at radius 2 is 1.92 bits per heavy atom. The highest BCUT2D eigenvalue weighted by molar-refractivity contribution is 5.77. The lowest BCUT2D eigenvalue weighted by Gasteiger charge is -2.24. The molecule has 2 heterocycles. The molecule has 0 amide bonds. The zero-order chi connectivity index (χ0) is 16.7. The molecule has 0 unspecified atom stereocenters. The van der Waals surface area contributed by atoms with Gasteiger partial charge in [0.05, 0.1) is 0 Å². The number of anilines is 1. The minimum absolute atomic E-state index is 0.276. The maximum absolute atomic E-state index is 14.3. The van der Waals surface area contributed by atoms with E-state index in [1.807, 2.05) is 18.2 Å². The molecule has 1 aliphatic heterocycles. The average molecular weight is 321 g/mol. The molecule has 1 atom stereocenters. The topological polar surface area (TPSA) is 55.6 Å². The normalized spacial score (nSPS) is 16.3. The molecular weight excluding hydrogens is 305 g/mol. The van der Waals surface area contributed by atoms with Crippen LogP contribution in [0.1, 0.15) is 28.3 Å². The molecule has 0 aliphatic carbocycles. The molecule has 2 aromatic carbocycles. The highest BCUT2D eigenvalue weighted by Crippen LogP contribution is 2.32. The van der Waals surface area contributed by atoms with E-state index in [4.69, 9.17) is 0 Å². The van der Waals surface area contributed by atoms with Gasteiger partial charge < -0.3 is 5.32 Å². The predicted octanol–water partition coefficient (Wildman–Crippen LogP) is 3.49. The van der Waals surface area contributed by atoms with Crippen LogP contribution in [0.5, 0.6) is 0 Å². The van der Waals surface area contributed by atoms with Gasteiger partial charge in [-0.1, -0.05) is 35.4 Å². The van der Waals surface area contributed by atoms with Crippen LogP contribution in [0.2, 0.25) is 0 Å². The Morgan fingerprint density at radius 1 is 1.08 bits per heavy atom. The fourth-order valence-corrected chi connectivity index (χ4v) is 2.87. The summed E-state index contributed by atoms with van der Waals surface area (Å²) in [5, 5.41) is 14.9. The monoisotopic (exact) mass is 321 g/mol. The van der Waals surface area contributed by atoms with E-state index in [-0.39, 0.29) is 5.82 Å². The highest BCUT2D eigenvalue weighted by atomic mass is 19.1. The summed E-state index contributed by atoms with van der Waals surface area (Å²) in [6.45, 7) is 4.14. The van der Waals surface area contributed by atoms with Gasteiger partial charge in [-0.2, -0.15) is 4.68 Å². The summed E-state index contributed by atoms with van der Waals surface area (Å²) in [5.41, 5.74) is 4.85. The Bertz CT molecular complexity index is 944. The van der Waals surface area contributed by atoms with Crippen molar-refractivity contribution in [1.29, 1.82) is 0 Å². The molecule has 0 fully saturated rings. The fraction of sp³-hybridized carbons (Fsp3) is 0.167. The van der Waals surface area contributed by atoms with E-state index in [1.54, 1.807) is 16.8 Å². The molecular formula is C18H16FN5. The maximum Gasteiger partial charge on any atom is 0.248 e. The number of aromatic nitrogens is 4. The number of fused-ring (bicyclic) bond motifs is 1. The summed E-state index contributed by atoms with van der Waals surface area (Å²) in [4.78, 5) is 0. The second-order valence-electron chi connectivity index (χ2n) is 5.92. The molecule has 1 N–H and O–H groups in total. The van der Waals surface area contributed by atoms with Crippen LogP contribution in [0, 0.1) is 19.7 Å². The van der Waals surface area contributed by atoms with Gasteiger partial charge in [0.1, 0.15) is 11.9 Å². The number of hydrogen-bond acceptors (Lipinski definition) is 4. The van der Waals surface area contributed by atoms with Gasteiger partial charge in [0, 0.05) is 11.3 Å². The van der Waals surface area contributed by atoms with Crippen molar-refractivity contribution in [3.63, 3.8) is 0 Å². The van der Waals surface area contributed by atoms with Crippen LogP contribution in [0.15, 0.2) is 48.5 Å². The van der Waals surface area contributed by atoms with Crippen molar-refractivity contribution in [2.75, 3.05) is 5.32 Å². The number of benzene rings is 2. The first-order valence-corrected chi connectivity index (χ1v) is 7.72. The number of hydrogen-bond donors (Lipinski definition) is 1. The molecule has 0 saturated heterocycles. The molecule has 5 nitrogen and oxygen atoms in total. The molecule has 3 aromatic rings. The first-order chi connectivity index (χ1) is 11.6. The molecule has 24 heavy (non-hydrogen) atoms. The first-order valence-electron chi connectivity index (χ1n) is 7.72. The van der Waals surface area contributed by atoms with Crippen LogP contribution in [-0.2, 0) is 0 Å². The predicted molar refractivity (Wildman–Crippen MR) is 89.9 cm³/mol. The van der Waals surface area contributed by atoms with Crippen molar-refractivity contribution in [3.05, 3.63) is 76.6 Å². The van der Waals surface area contributed by atoms with E-state index in [0.29, 0.717) is 11.5 Å². The van der Waals surface area contributed by atoms with E-state index >= 15 is 0 Å². The third kappa shape index (κ3) is 2.36. The number of nitrogens with zero attached hydrogens (tertiary/aromatic N) is 4. The Morgan fingerprint density at radius 3 is 2.71 bits per heavy atom. The number of allylic oxidation sites excluding steroid dienone is 1. The van der Waals surface area contributed by atoms with Crippen molar-refractivity contribution < 1.29 is 4.39 Å². The van der Waals surface area contributed by atoms with E-state index < -0.39 is 6.04 Å². The number of aryl methyl sites for hydroxylation is 2. The van der Waals surface area contributed by atoms with Gasteiger partial charge in [0.25, 0.3) is 0 Å². The third-order valence-electron chi connectivity index (χ3n) is 4.37. The standard InChI is InChI=1S/C18H16FN5/c1-11-7-8-13(9-12(11)2)16-10-17(14-5-3-4-6-15(14)19)24-18(20-16)21-22-23-24/h3-10,17H,1-2H3,(H,20,21,23)/t17-/m1/s1. The van der Waals surface area contributed by atoms with Crippen LogP contribution < -0.4 is 5.32 Å². The number of rotatable bonds is 2. The Balaban J connectivity index is 1.84. The Kier molecular flexibility index (Phi) is 3.37. The highest BCUT2D eigenvalue weighted by Gasteiger charge is 2.26. The smallest absolute Gasteiger partial charge is 0.248 e. The fourth-order valence-electron chi connectivity index (χ4n) is 2.87. The summed E-state index contributed by atoms with van der Waals surface area (Å²) in [6, 6.07) is 12.5. The largest absolute Gasteiger partial charge is 0.323 e. The van der Waals surface area contributed by atoms with Crippen LogP contribution in [0.3, 0.4) is 0 Å². The molecule has 0 saturated carbocycles. The minimum atomic E-state index is -0.394. The lowest BCUT2D eigenvalue weighted by atomic mass is 9.99. The van der Waals surface area contributed by atoms with Crippen molar-refractivity contribution in [2.24, 2.45) is 0 Å². The van der Waals surface area contributed by atoms with Gasteiger partial charge in [0.2, 0.25) is 5.95 Å². The zero-order valence-corrected chi connectivity index (χ0v) is 13.4. The van der Waals surface area contributed by atoms with Gasteiger partial charge in [-0.05, 0) is 59.2 Å². The first kappa shape index (κ1) is 14.6. The molecule has 0 radical (unpaired) electrons. The quantitative estimate of drug-likeness (QED) is 0.785. The summed E-state index contributed by atoms with van der Waals surface area (Å²) < 4.78 is 15.9. The van der Waals surface area contributed by atoms with Gasteiger partial charge in [-0.3, -0.25) is 0 Å².